The van der Waals surface area contributed by atoms with Crippen LogP contribution in [0.3, 0.4) is 0 Å². The maximum atomic E-state index is 6.03. The van der Waals surface area contributed by atoms with Crippen LogP contribution < -0.4 is 20.1 Å². The summed E-state index contributed by atoms with van der Waals surface area (Å²) in [5.41, 5.74) is 1.80. The second-order valence-corrected chi connectivity index (χ2v) is 6.77. The Morgan fingerprint density at radius 2 is 1.69 bits per heavy atom. The topological polar surface area (TPSA) is 67.8 Å². The first kappa shape index (κ1) is 19.6. The molecule has 0 aliphatic rings. The molecule has 0 fully saturated rings. The molecule has 1 aromatic heterocycles. The number of methoxy groups -OCH3 is 1. The Morgan fingerprint density at radius 3 is 2.35 bits per heavy atom. The van der Waals surface area contributed by atoms with E-state index in [-0.39, 0.29) is 5.60 Å². The first-order valence-corrected chi connectivity index (χ1v) is 8.62. The third kappa shape index (κ3) is 5.95. The van der Waals surface area contributed by atoms with E-state index in [4.69, 9.17) is 9.47 Å². The van der Waals surface area contributed by atoms with Gasteiger partial charge in [0.2, 0.25) is 5.88 Å². The van der Waals surface area contributed by atoms with E-state index < -0.39 is 0 Å². The van der Waals surface area contributed by atoms with Crippen LogP contribution in [0.25, 0.3) is 0 Å². The lowest BCUT2D eigenvalue weighted by molar-refractivity contribution is 0.129. The molecule has 2 N–H and O–H groups in total. The third-order valence-electron chi connectivity index (χ3n) is 3.55. The lowest BCUT2D eigenvalue weighted by Gasteiger charge is -2.23. The van der Waals surface area contributed by atoms with Crippen LogP contribution in [-0.4, -0.2) is 30.7 Å². The minimum Gasteiger partial charge on any atom is -0.488 e. The highest BCUT2D eigenvalue weighted by Crippen LogP contribution is 2.22. The molecule has 0 saturated carbocycles. The molecule has 0 bridgehead atoms. The average Bonchev–Trinajstić information content (AvgIpc) is 2.62. The molecular weight excluding hydrogens is 328 g/mol. The Bertz CT molecular complexity index is 739. The van der Waals surface area contributed by atoms with Crippen LogP contribution in [0.1, 0.15) is 31.9 Å². The highest BCUT2D eigenvalue weighted by Gasteiger charge is 2.14. The van der Waals surface area contributed by atoms with Crippen LogP contribution in [0.2, 0.25) is 0 Å². The third-order valence-corrected chi connectivity index (χ3v) is 3.55. The Hall–Kier alpha value is -2.76. The first-order chi connectivity index (χ1) is 12.4. The van der Waals surface area contributed by atoms with Gasteiger partial charge < -0.3 is 20.1 Å². The second kappa shape index (κ2) is 9.08. The fourth-order valence-electron chi connectivity index (χ4n) is 2.40. The summed E-state index contributed by atoms with van der Waals surface area (Å²) in [6.07, 6.45) is 1.71. The fourth-order valence-corrected chi connectivity index (χ4v) is 2.40. The van der Waals surface area contributed by atoms with Gasteiger partial charge in [-0.1, -0.05) is 24.3 Å². The van der Waals surface area contributed by atoms with E-state index in [1.807, 2.05) is 57.2 Å². The second-order valence-electron chi connectivity index (χ2n) is 6.77. The molecule has 1 aromatic carbocycles. The molecule has 0 radical (unpaired) electrons. The molecule has 0 spiro atoms. The predicted octanol–water partition coefficient (Wildman–Crippen LogP) is 3.13. The number of nitrogens with one attached hydrogen (secondary N) is 2. The van der Waals surface area contributed by atoms with Gasteiger partial charge in [-0.15, -0.1) is 0 Å². The number of hydrogen-bond donors (Lipinski definition) is 2. The summed E-state index contributed by atoms with van der Waals surface area (Å²) in [5.74, 6) is 2.18. The number of para-hydroxylation sites is 1. The van der Waals surface area contributed by atoms with Gasteiger partial charge in [-0.2, -0.15) is 0 Å². The molecule has 0 unspecified atom stereocenters. The van der Waals surface area contributed by atoms with Crippen molar-refractivity contribution in [1.29, 1.82) is 0 Å². The molecule has 0 amide bonds. The van der Waals surface area contributed by atoms with Crippen molar-refractivity contribution in [2.75, 3.05) is 14.2 Å². The molecule has 0 aliphatic heterocycles. The van der Waals surface area contributed by atoms with E-state index in [1.165, 1.54) is 0 Å². The molecule has 0 atom stereocenters. The van der Waals surface area contributed by atoms with Crippen LogP contribution in [0.5, 0.6) is 11.6 Å². The average molecular weight is 356 g/mol. The van der Waals surface area contributed by atoms with Crippen molar-refractivity contribution in [3.63, 3.8) is 0 Å². The molecule has 0 saturated heterocycles. The molecular formula is C20H28N4O2. The van der Waals surface area contributed by atoms with Crippen molar-refractivity contribution in [1.82, 2.24) is 15.6 Å². The Balaban J connectivity index is 1.97. The summed E-state index contributed by atoms with van der Waals surface area (Å²) in [7, 11) is 3.36. The van der Waals surface area contributed by atoms with Crippen LogP contribution in [-0.2, 0) is 13.1 Å². The maximum Gasteiger partial charge on any atom is 0.218 e. The summed E-state index contributed by atoms with van der Waals surface area (Å²) in [6, 6.07) is 11.9. The first-order valence-electron chi connectivity index (χ1n) is 8.62. The van der Waals surface area contributed by atoms with Gasteiger partial charge in [0.05, 0.1) is 7.11 Å². The predicted molar refractivity (Wildman–Crippen MR) is 105 cm³/mol. The number of aliphatic imine (C=N–C) groups is 1. The summed E-state index contributed by atoms with van der Waals surface area (Å²) in [4.78, 5) is 8.47. The summed E-state index contributed by atoms with van der Waals surface area (Å²) in [5, 5.41) is 6.59. The zero-order chi connectivity index (χ0) is 19.0. The molecule has 6 nitrogen and oxygen atoms in total. The quantitative estimate of drug-likeness (QED) is 0.615. The number of nitrogens with zero attached hydrogens (tertiary/aromatic N) is 2. The van der Waals surface area contributed by atoms with E-state index >= 15 is 0 Å². The van der Waals surface area contributed by atoms with Crippen molar-refractivity contribution < 1.29 is 9.47 Å². The highest BCUT2D eigenvalue weighted by atomic mass is 16.5. The van der Waals surface area contributed by atoms with Gasteiger partial charge >= 0.3 is 0 Å². The summed E-state index contributed by atoms with van der Waals surface area (Å²) in [6.45, 7) is 7.30. The van der Waals surface area contributed by atoms with Crippen molar-refractivity contribution in [3.8, 4) is 11.6 Å². The van der Waals surface area contributed by atoms with Crippen LogP contribution in [0.4, 0.5) is 0 Å². The zero-order valence-electron chi connectivity index (χ0n) is 16.2. The number of pyridine rings is 1. The molecule has 1 heterocycles. The van der Waals surface area contributed by atoms with Gasteiger partial charge in [0.25, 0.3) is 0 Å². The monoisotopic (exact) mass is 356 g/mol. The van der Waals surface area contributed by atoms with Gasteiger partial charge in [-0.3, -0.25) is 4.99 Å². The van der Waals surface area contributed by atoms with Crippen molar-refractivity contribution in [2.24, 2.45) is 4.99 Å². The number of aromatic nitrogens is 1. The highest BCUT2D eigenvalue weighted by molar-refractivity contribution is 5.79. The van der Waals surface area contributed by atoms with E-state index in [1.54, 1.807) is 20.4 Å². The molecule has 140 valence electrons. The SMILES string of the molecule is CN=C(NCc1ccccc1OC(C)(C)C)NCc1cccnc1OC. The van der Waals surface area contributed by atoms with Crippen molar-refractivity contribution >= 4 is 5.96 Å². The van der Waals surface area contributed by atoms with Gasteiger partial charge in [-0.05, 0) is 32.9 Å². The number of rotatable bonds is 6. The maximum absolute atomic E-state index is 6.03. The lowest BCUT2D eigenvalue weighted by atomic mass is 10.1. The van der Waals surface area contributed by atoms with Crippen LogP contribution in [0.15, 0.2) is 47.6 Å². The number of benzene rings is 1. The van der Waals surface area contributed by atoms with Crippen LogP contribution >= 0.6 is 0 Å². The van der Waals surface area contributed by atoms with E-state index in [0.29, 0.717) is 24.9 Å². The minimum atomic E-state index is -0.243. The van der Waals surface area contributed by atoms with E-state index in [9.17, 15) is 0 Å². The van der Waals surface area contributed by atoms with Gasteiger partial charge in [0.1, 0.15) is 11.4 Å². The van der Waals surface area contributed by atoms with E-state index in [2.05, 4.69) is 20.6 Å². The van der Waals surface area contributed by atoms with Crippen LogP contribution in [0, 0.1) is 0 Å². The Labute approximate surface area is 155 Å². The largest absolute Gasteiger partial charge is 0.488 e. The minimum absolute atomic E-state index is 0.243. The Morgan fingerprint density at radius 1 is 1.04 bits per heavy atom. The summed E-state index contributed by atoms with van der Waals surface area (Å²) >= 11 is 0. The molecule has 2 aromatic rings. The number of hydrogen-bond acceptors (Lipinski definition) is 4. The molecule has 2 rings (SSSR count). The van der Waals surface area contributed by atoms with Gasteiger partial charge in [0, 0.05) is 37.5 Å². The van der Waals surface area contributed by atoms with E-state index in [0.717, 1.165) is 16.9 Å². The smallest absolute Gasteiger partial charge is 0.218 e. The number of guanidine groups is 1. The normalized spacial score (nSPS) is 11.8. The standard InChI is InChI=1S/C20H28N4O2/c1-20(2,3)26-17-11-7-6-9-15(17)13-23-19(21-4)24-14-16-10-8-12-22-18(16)25-5/h6-12H,13-14H2,1-5H3,(H2,21,23,24). The zero-order valence-corrected chi connectivity index (χ0v) is 16.2. The molecule has 6 heteroatoms. The lowest BCUT2D eigenvalue weighted by Crippen LogP contribution is -2.36. The summed E-state index contributed by atoms with van der Waals surface area (Å²) < 4.78 is 11.3. The Kier molecular flexibility index (Phi) is 6.83. The van der Waals surface area contributed by atoms with Crippen molar-refractivity contribution in [2.45, 2.75) is 39.5 Å². The van der Waals surface area contributed by atoms with Crippen molar-refractivity contribution in [3.05, 3.63) is 53.7 Å². The van der Waals surface area contributed by atoms with Gasteiger partial charge in [-0.25, -0.2) is 4.98 Å². The van der Waals surface area contributed by atoms with Gasteiger partial charge in [0.15, 0.2) is 5.96 Å². The number of ether oxygens (including phenoxy) is 2. The molecule has 26 heavy (non-hydrogen) atoms. The molecule has 0 aliphatic carbocycles. The fraction of sp³-hybridized carbons (Fsp3) is 0.400.